The molecule has 1 atom stereocenters. The van der Waals surface area contributed by atoms with Gasteiger partial charge in [-0.25, -0.2) is 0 Å². The monoisotopic (exact) mass is 427 g/mol. The van der Waals surface area contributed by atoms with E-state index >= 15 is 0 Å². The van der Waals surface area contributed by atoms with Gasteiger partial charge in [-0.15, -0.1) is 0 Å². The first kappa shape index (κ1) is 21.9. The number of methoxy groups -OCH3 is 1. The molecular formula is C20H24F3N3O4. The minimum Gasteiger partial charge on any atom is -0.497 e. The van der Waals surface area contributed by atoms with Crippen molar-refractivity contribution >= 4 is 23.4 Å². The zero-order valence-electron chi connectivity index (χ0n) is 16.6. The standard InChI is InChI=1S/C20H24F3N3O4/c1-30-16-4-2-3-15(10-16)26-11-14(9-17(26)27)19(29)25-7-5-13(6-8-25)18(28)24-12-20(21,22)23/h2-4,10,13-14H,5-9,11-12H2,1H3,(H,24,28). The van der Waals surface area contributed by atoms with E-state index in [2.05, 4.69) is 0 Å². The van der Waals surface area contributed by atoms with Gasteiger partial charge in [-0.05, 0) is 25.0 Å². The van der Waals surface area contributed by atoms with Crippen molar-refractivity contribution in [2.24, 2.45) is 11.8 Å². The molecule has 0 radical (unpaired) electrons. The fraction of sp³-hybridized carbons (Fsp3) is 0.550. The Morgan fingerprint density at radius 3 is 2.53 bits per heavy atom. The van der Waals surface area contributed by atoms with E-state index in [0.717, 1.165) is 0 Å². The van der Waals surface area contributed by atoms with Gasteiger partial charge in [0.05, 0.1) is 13.0 Å². The topological polar surface area (TPSA) is 79.0 Å². The Morgan fingerprint density at radius 2 is 1.90 bits per heavy atom. The van der Waals surface area contributed by atoms with Crippen molar-refractivity contribution < 1.29 is 32.3 Å². The zero-order chi connectivity index (χ0) is 21.9. The third-order valence-electron chi connectivity index (χ3n) is 5.48. The van der Waals surface area contributed by atoms with Crippen LogP contribution in [0, 0.1) is 11.8 Å². The number of amides is 3. The summed E-state index contributed by atoms with van der Waals surface area (Å²) in [6.07, 6.45) is -3.75. The van der Waals surface area contributed by atoms with Crippen LogP contribution in [0.4, 0.5) is 18.9 Å². The fourth-order valence-corrected chi connectivity index (χ4v) is 3.85. The maximum absolute atomic E-state index is 12.9. The van der Waals surface area contributed by atoms with Crippen molar-refractivity contribution in [3.63, 3.8) is 0 Å². The first-order valence-corrected chi connectivity index (χ1v) is 9.75. The fourth-order valence-electron chi connectivity index (χ4n) is 3.85. The molecule has 1 unspecified atom stereocenters. The molecule has 0 aliphatic carbocycles. The van der Waals surface area contributed by atoms with Gasteiger partial charge in [0, 0.05) is 43.7 Å². The van der Waals surface area contributed by atoms with Crippen LogP contribution in [-0.4, -0.2) is 62.1 Å². The van der Waals surface area contributed by atoms with E-state index in [1.165, 1.54) is 7.11 Å². The number of carbonyl (C=O) groups excluding carboxylic acids is 3. The Labute approximate surface area is 172 Å². The molecule has 2 aliphatic rings. The summed E-state index contributed by atoms with van der Waals surface area (Å²) in [7, 11) is 1.53. The summed E-state index contributed by atoms with van der Waals surface area (Å²) >= 11 is 0. The highest BCUT2D eigenvalue weighted by Crippen LogP contribution is 2.30. The van der Waals surface area contributed by atoms with Crippen molar-refractivity contribution in [1.29, 1.82) is 0 Å². The van der Waals surface area contributed by atoms with Crippen LogP contribution >= 0.6 is 0 Å². The molecule has 1 aromatic rings. The van der Waals surface area contributed by atoms with Crippen LogP contribution in [0.2, 0.25) is 0 Å². The minimum absolute atomic E-state index is 0.0992. The predicted molar refractivity (Wildman–Crippen MR) is 102 cm³/mol. The summed E-state index contributed by atoms with van der Waals surface area (Å²) in [6, 6.07) is 7.04. The lowest BCUT2D eigenvalue weighted by molar-refractivity contribution is -0.143. The molecule has 2 heterocycles. The number of likely N-dealkylation sites (tertiary alicyclic amines) is 1. The van der Waals surface area contributed by atoms with Crippen molar-refractivity contribution in [1.82, 2.24) is 10.2 Å². The number of rotatable bonds is 5. The van der Waals surface area contributed by atoms with Crippen LogP contribution in [0.3, 0.4) is 0 Å². The van der Waals surface area contributed by atoms with Gasteiger partial charge >= 0.3 is 6.18 Å². The second-order valence-corrected chi connectivity index (χ2v) is 7.54. The summed E-state index contributed by atoms with van der Waals surface area (Å²) in [5, 5.41) is 1.90. The highest BCUT2D eigenvalue weighted by molar-refractivity contribution is 6.00. The smallest absolute Gasteiger partial charge is 0.405 e. The van der Waals surface area contributed by atoms with E-state index in [1.807, 2.05) is 5.32 Å². The van der Waals surface area contributed by atoms with Crippen LogP contribution in [0.15, 0.2) is 24.3 Å². The summed E-state index contributed by atoms with van der Waals surface area (Å²) < 4.78 is 41.9. The molecule has 3 amide bonds. The molecule has 2 fully saturated rings. The highest BCUT2D eigenvalue weighted by atomic mass is 19.4. The van der Waals surface area contributed by atoms with Crippen LogP contribution in [-0.2, 0) is 14.4 Å². The molecule has 164 valence electrons. The maximum Gasteiger partial charge on any atom is 0.405 e. The first-order valence-electron chi connectivity index (χ1n) is 9.75. The molecule has 0 bridgehead atoms. The average Bonchev–Trinajstić information content (AvgIpc) is 3.12. The largest absolute Gasteiger partial charge is 0.497 e. The maximum atomic E-state index is 12.9. The summed E-state index contributed by atoms with van der Waals surface area (Å²) in [5.41, 5.74) is 0.662. The number of benzene rings is 1. The Hall–Kier alpha value is -2.78. The number of nitrogens with zero attached hydrogens (tertiary/aromatic N) is 2. The lowest BCUT2D eigenvalue weighted by atomic mass is 9.94. The van der Waals surface area contributed by atoms with E-state index in [4.69, 9.17) is 4.74 Å². The molecule has 2 saturated heterocycles. The van der Waals surface area contributed by atoms with Crippen molar-refractivity contribution in [3.05, 3.63) is 24.3 Å². The normalized spacial score (nSPS) is 20.4. The Bertz CT molecular complexity index is 807. The molecule has 1 N–H and O–H groups in total. The second-order valence-electron chi connectivity index (χ2n) is 7.54. The lowest BCUT2D eigenvalue weighted by Gasteiger charge is -2.33. The number of alkyl halides is 3. The summed E-state index contributed by atoms with van der Waals surface area (Å²) in [6.45, 7) is -0.522. The molecule has 0 aromatic heterocycles. The molecule has 3 rings (SSSR count). The SMILES string of the molecule is COc1cccc(N2CC(C(=O)N3CCC(C(=O)NCC(F)(F)F)CC3)CC2=O)c1. The number of ether oxygens (including phenoxy) is 1. The van der Waals surface area contributed by atoms with Crippen molar-refractivity contribution in [2.45, 2.75) is 25.4 Å². The number of halogens is 3. The van der Waals surface area contributed by atoms with Crippen LogP contribution in [0.5, 0.6) is 5.75 Å². The van der Waals surface area contributed by atoms with Gasteiger partial charge in [0.2, 0.25) is 17.7 Å². The van der Waals surface area contributed by atoms with Crippen LogP contribution < -0.4 is 15.0 Å². The highest BCUT2D eigenvalue weighted by Gasteiger charge is 2.39. The second kappa shape index (κ2) is 8.93. The van der Waals surface area contributed by atoms with Crippen molar-refractivity contribution in [2.75, 3.05) is 38.2 Å². The van der Waals surface area contributed by atoms with E-state index in [0.29, 0.717) is 24.3 Å². The number of carbonyl (C=O) groups is 3. The van der Waals surface area contributed by atoms with Gasteiger partial charge in [0.1, 0.15) is 12.3 Å². The number of nitrogens with one attached hydrogen (secondary N) is 1. The molecule has 1 aromatic carbocycles. The number of hydrogen-bond donors (Lipinski definition) is 1. The van der Waals surface area contributed by atoms with E-state index in [9.17, 15) is 27.6 Å². The quantitative estimate of drug-likeness (QED) is 0.779. The molecular weight excluding hydrogens is 403 g/mol. The van der Waals surface area contributed by atoms with Crippen LogP contribution in [0.1, 0.15) is 19.3 Å². The van der Waals surface area contributed by atoms with Gasteiger partial charge in [0.15, 0.2) is 0 Å². The van der Waals surface area contributed by atoms with Gasteiger partial charge < -0.3 is 19.9 Å². The summed E-state index contributed by atoms with van der Waals surface area (Å²) in [5.74, 6) is -1.37. The van der Waals surface area contributed by atoms with Crippen LogP contribution in [0.25, 0.3) is 0 Å². The molecule has 7 nitrogen and oxygen atoms in total. The van der Waals surface area contributed by atoms with Gasteiger partial charge in [-0.2, -0.15) is 13.2 Å². The van der Waals surface area contributed by atoms with E-state index < -0.39 is 30.5 Å². The third-order valence-corrected chi connectivity index (χ3v) is 5.48. The van der Waals surface area contributed by atoms with Crippen molar-refractivity contribution in [3.8, 4) is 5.75 Å². The Kier molecular flexibility index (Phi) is 6.52. The predicted octanol–water partition coefficient (Wildman–Crippen LogP) is 1.97. The minimum atomic E-state index is -4.45. The molecule has 10 heteroatoms. The first-order chi connectivity index (χ1) is 14.2. The van der Waals surface area contributed by atoms with E-state index in [-0.39, 0.29) is 37.9 Å². The molecule has 0 saturated carbocycles. The number of anilines is 1. The molecule has 30 heavy (non-hydrogen) atoms. The van der Waals surface area contributed by atoms with Gasteiger partial charge in [-0.1, -0.05) is 6.07 Å². The molecule has 0 spiro atoms. The lowest BCUT2D eigenvalue weighted by Crippen LogP contribution is -2.46. The average molecular weight is 427 g/mol. The Balaban J connectivity index is 1.53. The van der Waals surface area contributed by atoms with E-state index in [1.54, 1.807) is 34.1 Å². The zero-order valence-corrected chi connectivity index (χ0v) is 16.6. The number of piperidine rings is 1. The third kappa shape index (κ3) is 5.22. The number of hydrogen-bond acceptors (Lipinski definition) is 4. The summed E-state index contributed by atoms with van der Waals surface area (Å²) in [4.78, 5) is 40.3. The van der Waals surface area contributed by atoms with Gasteiger partial charge in [-0.3, -0.25) is 14.4 Å². The van der Waals surface area contributed by atoms with Gasteiger partial charge in [0.25, 0.3) is 0 Å². The Morgan fingerprint density at radius 1 is 1.20 bits per heavy atom. The molecule has 2 aliphatic heterocycles.